The number of rotatable bonds is 4. The Hall–Kier alpha value is -4.04. The molecule has 5 rings (SSSR count). The van der Waals surface area contributed by atoms with Gasteiger partial charge in [0.1, 0.15) is 12.1 Å². The van der Waals surface area contributed by atoms with E-state index in [1.807, 2.05) is 37.3 Å². The van der Waals surface area contributed by atoms with E-state index in [-0.39, 0.29) is 5.91 Å². The number of aryl methyl sites for hydroxylation is 1. The van der Waals surface area contributed by atoms with Crippen LogP contribution in [0.5, 0.6) is 0 Å². The second-order valence-electron chi connectivity index (χ2n) is 6.87. The lowest BCUT2D eigenvalue weighted by Gasteiger charge is -2.09. The van der Waals surface area contributed by atoms with E-state index < -0.39 is 0 Å². The van der Waals surface area contributed by atoms with Gasteiger partial charge in [-0.3, -0.25) is 4.79 Å². The van der Waals surface area contributed by atoms with E-state index in [4.69, 9.17) is 11.6 Å². The highest BCUT2D eigenvalue weighted by atomic mass is 35.5. The number of benzene rings is 2. The first-order valence-corrected chi connectivity index (χ1v) is 9.86. The maximum absolute atomic E-state index is 12.7. The molecule has 0 spiro atoms. The van der Waals surface area contributed by atoms with E-state index in [0.29, 0.717) is 33.3 Å². The Morgan fingerprint density at radius 1 is 1.00 bits per heavy atom. The Kier molecular flexibility index (Phi) is 4.68. The zero-order valence-electron chi connectivity index (χ0n) is 16.4. The number of hydrogen-bond donors (Lipinski definition) is 1. The molecule has 2 aromatic carbocycles. The largest absolute Gasteiger partial charge is 0.306 e. The van der Waals surface area contributed by atoms with Crippen molar-refractivity contribution in [3.05, 3.63) is 89.5 Å². The van der Waals surface area contributed by atoms with Crippen LogP contribution in [-0.4, -0.2) is 35.4 Å². The molecule has 9 heteroatoms. The van der Waals surface area contributed by atoms with Gasteiger partial charge >= 0.3 is 0 Å². The molecule has 152 valence electrons. The molecule has 0 unspecified atom stereocenters. The van der Waals surface area contributed by atoms with Gasteiger partial charge in [0.25, 0.3) is 5.91 Å². The maximum atomic E-state index is 12.7. The number of carbonyl (C=O) groups is 1. The van der Waals surface area contributed by atoms with Gasteiger partial charge in [0.2, 0.25) is 0 Å². The normalized spacial score (nSPS) is 11.0. The molecule has 8 nitrogen and oxygen atoms in total. The Balaban J connectivity index is 1.59. The fourth-order valence-electron chi connectivity index (χ4n) is 3.33. The third kappa shape index (κ3) is 3.53. The number of aromatic nitrogens is 6. The zero-order valence-corrected chi connectivity index (χ0v) is 17.2. The molecule has 0 saturated carbocycles. The lowest BCUT2D eigenvalue weighted by atomic mass is 10.2. The molecule has 0 atom stereocenters. The number of anilines is 1. The van der Waals surface area contributed by atoms with Crippen molar-refractivity contribution >= 4 is 34.4 Å². The summed E-state index contributed by atoms with van der Waals surface area (Å²) in [6, 6.07) is 18.1. The molecule has 0 aliphatic heterocycles. The smallest absolute Gasteiger partial charge is 0.256 e. The third-order valence-electron chi connectivity index (χ3n) is 4.71. The average Bonchev–Trinajstić information content (AvgIpc) is 3.37. The van der Waals surface area contributed by atoms with Crippen LogP contribution in [0.2, 0.25) is 5.02 Å². The molecule has 1 amide bonds. The van der Waals surface area contributed by atoms with E-state index >= 15 is 0 Å². The van der Waals surface area contributed by atoms with Crippen molar-refractivity contribution in [1.29, 1.82) is 0 Å². The molecule has 5 aromatic rings. The Labute approximate surface area is 182 Å². The van der Waals surface area contributed by atoms with Crippen LogP contribution < -0.4 is 5.32 Å². The predicted molar refractivity (Wildman–Crippen MR) is 118 cm³/mol. The van der Waals surface area contributed by atoms with Gasteiger partial charge in [-0.25, -0.2) is 14.6 Å². The van der Waals surface area contributed by atoms with Gasteiger partial charge in [0, 0.05) is 16.7 Å². The molecule has 3 heterocycles. The summed E-state index contributed by atoms with van der Waals surface area (Å²) in [5, 5.41) is 13.2. The van der Waals surface area contributed by atoms with Crippen LogP contribution in [0, 0.1) is 6.92 Å². The summed E-state index contributed by atoms with van der Waals surface area (Å²) >= 11 is 6.13. The monoisotopic (exact) mass is 429 g/mol. The molecule has 0 aliphatic rings. The van der Waals surface area contributed by atoms with Crippen LogP contribution in [0.4, 0.5) is 5.82 Å². The number of nitrogens with one attached hydrogen (secondary N) is 1. The van der Waals surface area contributed by atoms with Gasteiger partial charge in [-0.15, -0.1) is 0 Å². The van der Waals surface area contributed by atoms with Gasteiger partial charge < -0.3 is 5.32 Å². The van der Waals surface area contributed by atoms with E-state index in [1.165, 1.54) is 6.33 Å². The van der Waals surface area contributed by atoms with Gasteiger partial charge in [0.15, 0.2) is 11.5 Å². The van der Waals surface area contributed by atoms with Crippen molar-refractivity contribution in [2.75, 3.05) is 5.32 Å². The van der Waals surface area contributed by atoms with Gasteiger partial charge in [-0.2, -0.15) is 14.9 Å². The molecule has 0 radical (unpaired) electrons. The van der Waals surface area contributed by atoms with Crippen molar-refractivity contribution in [1.82, 2.24) is 29.5 Å². The summed E-state index contributed by atoms with van der Waals surface area (Å²) in [4.78, 5) is 21.5. The number of halogens is 1. The Morgan fingerprint density at radius 2 is 1.84 bits per heavy atom. The highest BCUT2D eigenvalue weighted by molar-refractivity contribution is 6.30. The van der Waals surface area contributed by atoms with Crippen LogP contribution in [0.25, 0.3) is 22.5 Å². The molecule has 0 saturated heterocycles. The highest BCUT2D eigenvalue weighted by Gasteiger charge is 2.18. The molecular formula is C22H16ClN7O. The second kappa shape index (κ2) is 7.66. The van der Waals surface area contributed by atoms with Crippen LogP contribution in [-0.2, 0) is 0 Å². The van der Waals surface area contributed by atoms with Crippen molar-refractivity contribution < 1.29 is 4.79 Å². The number of carbonyl (C=O) groups excluding carboxylic acids is 1. The number of amides is 1. The maximum Gasteiger partial charge on any atom is 0.256 e. The summed E-state index contributed by atoms with van der Waals surface area (Å²) in [7, 11) is 0. The SMILES string of the molecule is Cc1cc(NC(=O)c2ccccc2)n(-c2ncnc3c2cnn3-c2cccc(Cl)c2)n1. The first kappa shape index (κ1) is 19.0. The predicted octanol–water partition coefficient (Wildman–Crippen LogP) is 4.22. The molecular weight excluding hydrogens is 414 g/mol. The minimum absolute atomic E-state index is 0.235. The van der Waals surface area contributed by atoms with E-state index in [0.717, 1.165) is 11.4 Å². The molecule has 0 bridgehead atoms. The minimum Gasteiger partial charge on any atom is -0.306 e. The summed E-state index contributed by atoms with van der Waals surface area (Å²) < 4.78 is 3.27. The molecule has 0 fully saturated rings. The summed E-state index contributed by atoms with van der Waals surface area (Å²) in [5.74, 6) is 0.776. The topological polar surface area (TPSA) is 90.5 Å². The van der Waals surface area contributed by atoms with Crippen LogP contribution in [0.1, 0.15) is 16.1 Å². The lowest BCUT2D eigenvalue weighted by molar-refractivity contribution is 0.102. The standard InChI is InChI=1S/C22H16ClN7O/c1-14-10-19(27-22(31)15-6-3-2-4-7-15)30(28-14)21-18-12-26-29(20(18)24-13-25-21)17-9-5-8-16(23)11-17/h2-13H,1H3,(H,27,31). The highest BCUT2D eigenvalue weighted by Crippen LogP contribution is 2.25. The summed E-state index contributed by atoms with van der Waals surface area (Å²) in [6.45, 7) is 1.85. The van der Waals surface area contributed by atoms with Crippen molar-refractivity contribution in [3.63, 3.8) is 0 Å². The minimum atomic E-state index is -0.235. The average molecular weight is 430 g/mol. The Bertz CT molecular complexity index is 1410. The van der Waals surface area contributed by atoms with Crippen LogP contribution in [0.15, 0.2) is 73.2 Å². The number of nitrogens with zero attached hydrogens (tertiary/aromatic N) is 6. The van der Waals surface area contributed by atoms with Crippen molar-refractivity contribution in [3.8, 4) is 11.5 Å². The fourth-order valence-corrected chi connectivity index (χ4v) is 3.51. The number of fused-ring (bicyclic) bond motifs is 1. The van der Waals surface area contributed by atoms with Gasteiger partial charge in [-0.1, -0.05) is 35.9 Å². The second-order valence-corrected chi connectivity index (χ2v) is 7.31. The first-order valence-electron chi connectivity index (χ1n) is 9.48. The zero-order chi connectivity index (χ0) is 21.4. The lowest BCUT2D eigenvalue weighted by Crippen LogP contribution is -2.15. The third-order valence-corrected chi connectivity index (χ3v) is 4.94. The quantitative estimate of drug-likeness (QED) is 0.462. The van der Waals surface area contributed by atoms with Gasteiger partial charge in [-0.05, 0) is 37.3 Å². The molecule has 0 aliphatic carbocycles. The van der Waals surface area contributed by atoms with Gasteiger partial charge in [0.05, 0.1) is 23.0 Å². The van der Waals surface area contributed by atoms with E-state index in [9.17, 15) is 4.79 Å². The first-order chi connectivity index (χ1) is 15.1. The van der Waals surface area contributed by atoms with Crippen LogP contribution in [0.3, 0.4) is 0 Å². The van der Waals surface area contributed by atoms with Crippen LogP contribution >= 0.6 is 11.6 Å². The van der Waals surface area contributed by atoms with Crippen molar-refractivity contribution in [2.24, 2.45) is 0 Å². The summed E-state index contributed by atoms with van der Waals surface area (Å²) in [6.07, 6.45) is 3.12. The Morgan fingerprint density at radius 3 is 2.65 bits per heavy atom. The summed E-state index contributed by atoms with van der Waals surface area (Å²) in [5.41, 5.74) is 2.66. The van der Waals surface area contributed by atoms with E-state index in [1.54, 1.807) is 45.9 Å². The number of hydrogen-bond acceptors (Lipinski definition) is 5. The van der Waals surface area contributed by atoms with Crippen molar-refractivity contribution in [2.45, 2.75) is 6.92 Å². The fraction of sp³-hybridized carbons (Fsp3) is 0.0455. The van der Waals surface area contributed by atoms with E-state index in [2.05, 4.69) is 25.5 Å². The molecule has 3 aromatic heterocycles. The molecule has 1 N–H and O–H groups in total. The molecule has 31 heavy (non-hydrogen) atoms.